The molecule has 9 heteroatoms. The molecule has 0 spiro atoms. The van der Waals surface area contributed by atoms with Gasteiger partial charge >= 0.3 is 5.97 Å². The lowest BCUT2D eigenvalue weighted by Crippen LogP contribution is -2.29. The van der Waals surface area contributed by atoms with Crippen LogP contribution in [0.1, 0.15) is 48.4 Å². The average Bonchev–Trinajstić information content (AvgIpc) is 3.07. The minimum absolute atomic E-state index is 0.00907. The third-order valence-electron chi connectivity index (χ3n) is 5.12. The summed E-state index contributed by atoms with van der Waals surface area (Å²) in [6.45, 7) is 0.769. The molecule has 0 bridgehead atoms. The molecule has 8 nitrogen and oxygen atoms in total. The summed E-state index contributed by atoms with van der Waals surface area (Å²) >= 11 is 5.87. The zero-order chi connectivity index (χ0) is 24.4. The number of anilines is 2. The molecule has 0 radical (unpaired) electrons. The van der Waals surface area contributed by atoms with Crippen molar-refractivity contribution in [3.05, 3.63) is 94.0 Å². The van der Waals surface area contributed by atoms with Gasteiger partial charge in [0.2, 0.25) is 0 Å². The number of halogens is 1. The number of ketones is 1. The van der Waals surface area contributed by atoms with Crippen molar-refractivity contribution in [1.82, 2.24) is 0 Å². The van der Waals surface area contributed by atoms with Crippen molar-refractivity contribution < 1.29 is 28.7 Å². The first-order chi connectivity index (χ1) is 16.3. The van der Waals surface area contributed by atoms with Crippen molar-refractivity contribution in [3.8, 4) is 0 Å². The van der Waals surface area contributed by atoms with Gasteiger partial charge in [-0.25, -0.2) is 9.69 Å². The quantitative estimate of drug-likeness (QED) is 0.325. The highest BCUT2D eigenvalue weighted by atomic mass is 35.5. The molecule has 0 saturated heterocycles. The Morgan fingerprint density at radius 2 is 1.59 bits per heavy atom. The highest BCUT2D eigenvalue weighted by Crippen LogP contribution is 2.30. The number of carbonyl (C=O) groups excluding carboxylic acids is 5. The Morgan fingerprint density at radius 3 is 2.29 bits per heavy atom. The van der Waals surface area contributed by atoms with E-state index in [9.17, 15) is 24.0 Å². The van der Waals surface area contributed by atoms with Gasteiger partial charge in [0.05, 0.1) is 28.1 Å². The van der Waals surface area contributed by atoms with Gasteiger partial charge in [0, 0.05) is 10.6 Å². The van der Waals surface area contributed by atoms with Crippen molar-refractivity contribution in [2.45, 2.75) is 6.92 Å². The predicted octanol–water partition coefficient (Wildman–Crippen LogP) is 4.14. The number of fused-ring (bicyclic) bond motifs is 1. The summed E-state index contributed by atoms with van der Waals surface area (Å²) in [5.41, 5.74) is 1.19. The Bertz CT molecular complexity index is 1350. The van der Waals surface area contributed by atoms with Crippen LogP contribution in [0.5, 0.6) is 0 Å². The molecule has 3 aromatic rings. The number of hydrogen-bond donors (Lipinski definition) is 1. The van der Waals surface area contributed by atoms with Crippen molar-refractivity contribution in [3.63, 3.8) is 0 Å². The third kappa shape index (κ3) is 4.44. The molecule has 0 aromatic heterocycles. The molecule has 0 aliphatic carbocycles. The summed E-state index contributed by atoms with van der Waals surface area (Å²) in [5.74, 6) is -2.81. The van der Waals surface area contributed by atoms with Gasteiger partial charge in [-0.15, -0.1) is 0 Å². The summed E-state index contributed by atoms with van der Waals surface area (Å²) in [6.07, 6.45) is 0. The number of esters is 1. The third-order valence-corrected chi connectivity index (χ3v) is 5.37. The molecule has 0 saturated carbocycles. The maximum absolute atomic E-state index is 12.9. The van der Waals surface area contributed by atoms with Crippen LogP contribution in [0.15, 0.2) is 66.7 Å². The number of para-hydroxylation sites is 1. The second kappa shape index (κ2) is 9.29. The van der Waals surface area contributed by atoms with E-state index in [4.69, 9.17) is 16.3 Å². The van der Waals surface area contributed by atoms with Crippen LogP contribution in [0, 0.1) is 0 Å². The SMILES string of the molecule is CC(=O)c1ccccc1NC(=O)COC(=O)c1ccc2c(c1)C(=O)N(c1ccc(Cl)cc1)C2=O. The van der Waals surface area contributed by atoms with Crippen LogP contribution in [0.25, 0.3) is 0 Å². The number of hydrogen-bond acceptors (Lipinski definition) is 6. The number of ether oxygens (including phenoxy) is 1. The largest absolute Gasteiger partial charge is 0.452 e. The molecule has 1 aliphatic rings. The number of amides is 3. The van der Waals surface area contributed by atoms with E-state index in [2.05, 4.69) is 5.32 Å². The van der Waals surface area contributed by atoms with Crippen LogP contribution >= 0.6 is 11.6 Å². The first kappa shape index (κ1) is 22.9. The Morgan fingerprint density at radius 1 is 0.912 bits per heavy atom. The van der Waals surface area contributed by atoms with Crippen LogP contribution in [0.3, 0.4) is 0 Å². The van der Waals surface area contributed by atoms with Crippen molar-refractivity contribution >= 4 is 52.4 Å². The number of nitrogens with zero attached hydrogens (tertiary/aromatic N) is 1. The Hall–Kier alpha value is -4.30. The molecule has 3 aromatic carbocycles. The van der Waals surface area contributed by atoms with Gasteiger partial charge in [0.25, 0.3) is 17.7 Å². The first-order valence-electron chi connectivity index (χ1n) is 10.1. The van der Waals surface area contributed by atoms with E-state index >= 15 is 0 Å². The maximum Gasteiger partial charge on any atom is 0.338 e. The van der Waals surface area contributed by atoms with Gasteiger partial charge in [-0.3, -0.25) is 19.2 Å². The number of carbonyl (C=O) groups is 5. The topological polar surface area (TPSA) is 110 Å². The van der Waals surface area contributed by atoms with Crippen LogP contribution < -0.4 is 10.2 Å². The summed E-state index contributed by atoms with van der Waals surface area (Å²) < 4.78 is 5.05. The number of benzene rings is 3. The van der Waals surface area contributed by atoms with Crippen molar-refractivity contribution in [1.29, 1.82) is 0 Å². The molecule has 1 heterocycles. The Kier molecular flexibility index (Phi) is 6.25. The van der Waals surface area contributed by atoms with E-state index in [1.165, 1.54) is 25.1 Å². The van der Waals surface area contributed by atoms with Gasteiger partial charge < -0.3 is 10.1 Å². The van der Waals surface area contributed by atoms with E-state index in [1.54, 1.807) is 48.5 Å². The van der Waals surface area contributed by atoms with Gasteiger partial charge in [0.1, 0.15) is 0 Å². The van der Waals surface area contributed by atoms with Gasteiger partial charge in [-0.1, -0.05) is 23.7 Å². The van der Waals surface area contributed by atoms with E-state index in [0.717, 1.165) is 4.90 Å². The van der Waals surface area contributed by atoms with Crippen molar-refractivity contribution in [2.75, 3.05) is 16.8 Å². The zero-order valence-electron chi connectivity index (χ0n) is 17.8. The fourth-order valence-electron chi connectivity index (χ4n) is 3.49. The lowest BCUT2D eigenvalue weighted by molar-refractivity contribution is -0.119. The fraction of sp³-hybridized carbons (Fsp3) is 0.0800. The lowest BCUT2D eigenvalue weighted by atomic mass is 10.1. The molecule has 0 fully saturated rings. The Balaban J connectivity index is 1.45. The molecule has 34 heavy (non-hydrogen) atoms. The van der Waals surface area contributed by atoms with Crippen LogP contribution in [0.4, 0.5) is 11.4 Å². The first-order valence-corrected chi connectivity index (χ1v) is 10.5. The van der Waals surface area contributed by atoms with Crippen LogP contribution in [-0.2, 0) is 9.53 Å². The number of imide groups is 1. The highest BCUT2D eigenvalue weighted by molar-refractivity contribution is 6.35. The summed E-state index contributed by atoms with van der Waals surface area (Å²) in [4.78, 5) is 62.9. The van der Waals surface area contributed by atoms with E-state index < -0.39 is 30.3 Å². The zero-order valence-corrected chi connectivity index (χ0v) is 18.6. The molecular formula is C25H17ClN2O6. The minimum atomic E-state index is -0.844. The van der Waals surface area contributed by atoms with E-state index in [-0.39, 0.29) is 22.5 Å². The summed E-state index contributed by atoms with van der Waals surface area (Å²) in [6, 6.07) is 16.6. The van der Waals surface area contributed by atoms with Gasteiger partial charge in [0.15, 0.2) is 12.4 Å². The Labute approximate surface area is 199 Å². The monoisotopic (exact) mass is 476 g/mol. The molecule has 170 valence electrons. The molecule has 0 unspecified atom stereocenters. The van der Waals surface area contributed by atoms with Crippen molar-refractivity contribution in [2.24, 2.45) is 0 Å². The smallest absolute Gasteiger partial charge is 0.338 e. The molecule has 0 atom stereocenters. The van der Waals surface area contributed by atoms with Gasteiger partial charge in [-0.2, -0.15) is 0 Å². The molecular weight excluding hydrogens is 460 g/mol. The second-order valence-electron chi connectivity index (χ2n) is 7.41. The average molecular weight is 477 g/mol. The standard InChI is InChI=1S/C25H17ClN2O6/c1-14(29)18-4-2-3-5-21(18)27-22(30)13-34-25(33)15-6-11-19-20(12-15)24(32)28(23(19)31)17-9-7-16(26)8-10-17/h2-12H,13H2,1H3,(H,27,30). The van der Waals surface area contributed by atoms with Crippen LogP contribution in [-0.4, -0.2) is 36.1 Å². The second-order valence-corrected chi connectivity index (χ2v) is 7.85. The fourth-order valence-corrected chi connectivity index (χ4v) is 3.62. The summed E-state index contributed by atoms with van der Waals surface area (Å²) in [7, 11) is 0. The highest BCUT2D eigenvalue weighted by Gasteiger charge is 2.37. The minimum Gasteiger partial charge on any atom is -0.452 e. The number of rotatable bonds is 6. The van der Waals surface area contributed by atoms with Gasteiger partial charge in [-0.05, 0) is 61.5 Å². The normalized spacial score (nSPS) is 12.4. The van der Waals surface area contributed by atoms with E-state index in [1.807, 2.05) is 0 Å². The number of nitrogens with one attached hydrogen (secondary N) is 1. The predicted molar refractivity (Wildman–Crippen MR) is 124 cm³/mol. The number of Topliss-reactive ketones (excluding diaryl/α,β-unsaturated/α-hetero) is 1. The van der Waals surface area contributed by atoms with Crippen LogP contribution in [0.2, 0.25) is 5.02 Å². The summed E-state index contributed by atoms with van der Waals surface area (Å²) in [5, 5.41) is 2.99. The lowest BCUT2D eigenvalue weighted by Gasteiger charge is -2.13. The maximum atomic E-state index is 12.9. The molecule has 1 N–H and O–H groups in total. The molecule has 1 aliphatic heterocycles. The molecule has 3 amide bonds. The van der Waals surface area contributed by atoms with E-state index in [0.29, 0.717) is 22.0 Å². The molecule has 4 rings (SSSR count).